The van der Waals surface area contributed by atoms with Crippen molar-refractivity contribution < 1.29 is 0 Å². The first-order chi connectivity index (χ1) is 5.79. The molecular formula is C8H12BrN3. The van der Waals surface area contributed by atoms with Gasteiger partial charge in [-0.15, -0.1) is 0 Å². The summed E-state index contributed by atoms with van der Waals surface area (Å²) in [6.45, 7) is 2.06. The van der Waals surface area contributed by atoms with Gasteiger partial charge in [0.15, 0.2) is 0 Å². The van der Waals surface area contributed by atoms with E-state index in [-0.39, 0.29) is 6.04 Å². The summed E-state index contributed by atoms with van der Waals surface area (Å²) in [4.78, 5) is 4.23. The van der Waals surface area contributed by atoms with Gasteiger partial charge in [0.25, 0.3) is 0 Å². The second-order valence-electron chi connectivity index (χ2n) is 2.50. The Hall–Kier alpha value is -0.450. The Morgan fingerprint density at radius 1 is 1.75 bits per heavy atom. The molecular weight excluding hydrogens is 218 g/mol. The predicted octanol–water partition coefficient (Wildman–Crippen LogP) is 1.76. The molecule has 0 bridgehead atoms. The molecule has 1 unspecified atom stereocenters. The van der Waals surface area contributed by atoms with E-state index in [2.05, 4.69) is 33.3 Å². The van der Waals surface area contributed by atoms with Crippen LogP contribution >= 0.6 is 15.9 Å². The molecule has 0 saturated heterocycles. The number of hydrogen-bond donors (Lipinski definition) is 2. The van der Waals surface area contributed by atoms with Gasteiger partial charge in [0.05, 0.1) is 11.7 Å². The van der Waals surface area contributed by atoms with E-state index in [4.69, 9.17) is 5.84 Å². The molecule has 0 spiro atoms. The van der Waals surface area contributed by atoms with E-state index >= 15 is 0 Å². The first kappa shape index (κ1) is 9.64. The quantitative estimate of drug-likeness (QED) is 0.614. The number of halogens is 1. The normalized spacial score (nSPS) is 12.9. The molecule has 0 amide bonds. The maximum atomic E-state index is 5.37. The second-order valence-corrected chi connectivity index (χ2v) is 3.35. The van der Waals surface area contributed by atoms with Gasteiger partial charge in [-0.3, -0.25) is 16.3 Å². The average Bonchev–Trinajstić information content (AvgIpc) is 2.10. The highest BCUT2D eigenvalue weighted by Crippen LogP contribution is 2.21. The standard InChI is InChI=1S/C8H12BrN3/c1-2-7(12-10)8-6(9)4-3-5-11-8/h3-5,7,12H,2,10H2,1H3. The summed E-state index contributed by atoms with van der Waals surface area (Å²) < 4.78 is 0.995. The summed E-state index contributed by atoms with van der Waals surface area (Å²) in [5, 5.41) is 0. The zero-order valence-electron chi connectivity index (χ0n) is 6.92. The molecule has 1 aromatic rings. The van der Waals surface area contributed by atoms with Crippen molar-refractivity contribution in [3.05, 3.63) is 28.5 Å². The molecule has 1 atom stereocenters. The third kappa shape index (κ3) is 2.03. The van der Waals surface area contributed by atoms with E-state index in [0.717, 1.165) is 16.6 Å². The number of aromatic nitrogens is 1. The van der Waals surface area contributed by atoms with Gasteiger partial charge in [-0.05, 0) is 34.5 Å². The Morgan fingerprint density at radius 3 is 3.00 bits per heavy atom. The molecule has 0 saturated carbocycles. The van der Waals surface area contributed by atoms with Crippen LogP contribution in [0.15, 0.2) is 22.8 Å². The maximum absolute atomic E-state index is 5.37. The highest BCUT2D eigenvalue weighted by atomic mass is 79.9. The topological polar surface area (TPSA) is 50.9 Å². The lowest BCUT2D eigenvalue weighted by atomic mass is 10.1. The Labute approximate surface area is 80.5 Å². The Balaban J connectivity index is 2.92. The number of hydrogen-bond acceptors (Lipinski definition) is 3. The van der Waals surface area contributed by atoms with Gasteiger partial charge < -0.3 is 0 Å². The lowest BCUT2D eigenvalue weighted by molar-refractivity contribution is 0.524. The third-order valence-corrected chi connectivity index (χ3v) is 2.40. The van der Waals surface area contributed by atoms with E-state index in [9.17, 15) is 0 Å². The number of nitrogens with two attached hydrogens (primary N) is 1. The molecule has 1 rings (SSSR count). The van der Waals surface area contributed by atoms with Gasteiger partial charge >= 0.3 is 0 Å². The summed E-state index contributed by atoms with van der Waals surface area (Å²) in [5.74, 6) is 5.37. The van der Waals surface area contributed by atoms with Crippen LogP contribution in [0.3, 0.4) is 0 Å². The van der Waals surface area contributed by atoms with E-state index in [0.29, 0.717) is 0 Å². The number of rotatable bonds is 3. The first-order valence-corrected chi connectivity index (χ1v) is 4.65. The maximum Gasteiger partial charge on any atom is 0.0728 e. The summed E-state index contributed by atoms with van der Waals surface area (Å²) >= 11 is 3.42. The second kappa shape index (κ2) is 4.54. The SMILES string of the molecule is CCC(NN)c1ncccc1Br. The van der Waals surface area contributed by atoms with Crippen molar-refractivity contribution in [1.82, 2.24) is 10.4 Å². The number of nitrogens with zero attached hydrogens (tertiary/aromatic N) is 1. The summed E-state index contributed by atoms with van der Waals surface area (Å²) in [5.41, 5.74) is 3.68. The lowest BCUT2D eigenvalue weighted by Crippen LogP contribution is -2.28. The Morgan fingerprint density at radius 2 is 2.50 bits per heavy atom. The molecule has 3 N–H and O–H groups in total. The minimum Gasteiger partial charge on any atom is -0.271 e. The third-order valence-electron chi connectivity index (χ3n) is 1.73. The van der Waals surface area contributed by atoms with Crippen LogP contribution in [0.4, 0.5) is 0 Å². The number of pyridine rings is 1. The van der Waals surface area contributed by atoms with Crippen molar-refractivity contribution in [1.29, 1.82) is 0 Å². The zero-order chi connectivity index (χ0) is 8.97. The fraction of sp³-hybridized carbons (Fsp3) is 0.375. The van der Waals surface area contributed by atoms with Crippen molar-refractivity contribution in [2.75, 3.05) is 0 Å². The van der Waals surface area contributed by atoms with Crippen molar-refractivity contribution in [3.8, 4) is 0 Å². The van der Waals surface area contributed by atoms with Crippen LogP contribution in [0.2, 0.25) is 0 Å². The molecule has 4 heteroatoms. The van der Waals surface area contributed by atoms with Crippen LogP contribution in [0, 0.1) is 0 Å². The molecule has 0 fully saturated rings. The van der Waals surface area contributed by atoms with Gasteiger partial charge in [0.1, 0.15) is 0 Å². The van der Waals surface area contributed by atoms with Gasteiger partial charge in [-0.2, -0.15) is 0 Å². The fourth-order valence-electron chi connectivity index (χ4n) is 1.04. The number of hydrazine groups is 1. The van der Waals surface area contributed by atoms with Crippen molar-refractivity contribution in [2.45, 2.75) is 19.4 Å². The van der Waals surface area contributed by atoms with Gasteiger partial charge in [-0.1, -0.05) is 6.92 Å². The summed E-state index contributed by atoms with van der Waals surface area (Å²) in [7, 11) is 0. The molecule has 0 aromatic carbocycles. The largest absolute Gasteiger partial charge is 0.271 e. The van der Waals surface area contributed by atoms with Gasteiger partial charge in [0.2, 0.25) is 0 Å². The molecule has 12 heavy (non-hydrogen) atoms. The minimum atomic E-state index is 0.126. The highest BCUT2D eigenvalue weighted by Gasteiger charge is 2.10. The minimum absolute atomic E-state index is 0.126. The van der Waals surface area contributed by atoms with Crippen LogP contribution in [0.1, 0.15) is 25.1 Å². The first-order valence-electron chi connectivity index (χ1n) is 3.86. The number of nitrogens with one attached hydrogen (secondary N) is 1. The highest BCUT2D eigenvalue weighted by molar-refractivity contribution is 9.10. The molecule has 1 heterocycles. The van der Waals surface area contributed by atoms with Crippen LogP contribution < -0.4 is 11.3 Å². The average molecular weight is 230 g/mol. The van der Waals surface area contributed by atoms with E-state index < -0.39 is 0 Å². The molecule has 0 aliphatic rings. The van der Waals surface area contributed by atoms with Crippen LogP contribution in [0.25, 0.3) is 0 Å². The predicted molar refractivity (Wildman–Crippen MR) is 52.3 cm³/mol. The lowest BCUT2D eigenvalue weighted by Gasteiger charge is -2.13. The smallest absolute Gasteiger partial charge is 0.0728 e. The molecule has 0 aliphatic carbocycles. The van der Waals surface area contributed by atoms with Crippen molar-refractivity contribution in [2.24, 2.45) is 5.84 Å². The Kier molecular flexibility index (Phi) is 3.65. The Bertz CT molecular complexity index is 248. The molecule has 0 aliphatic heterocycles. The van der Waals surface area contributed by atoms with E-state index in [1.54, 1.807) is 6.20 Å². The summed E-state index contributed by atoms with van der Waals surface area (Å²) in [6, 6.07) is 3.97. The molecule has 0 radical (unpaired) electrons. The zero-order valence-corrected chi connectivity index (χ0v) is 8.51. The monoisotopic (exact) mass is 229 g/mol. The van der Waals surface area contributed by atoms with E-state index in [1.807, 2.05) is 12.1 Å². The van der Waals surface area contributed by atoms with Crippen molar-refractivity contribution >= 4 is 15.9 Å². The van der Waals surface area contributed by atoms with E-state index in [1.165, 1.54) is 0 Å². The fourth-order valence-corrected chi connectivity index (χ4v) is 1.58. The molecule has 66 valence electrons. The van der Waals surface area contributed by atoms with Gasteiger partial charge in [0, 0.05) is 10.7 Å². The van der Waals surface area contributed by atoms with Crippen molar-refractivity contribution in [3.63, 3.8) is 0 Å². The van der Waals surface area contributed by atoms with Crippen LogP contribution in [-0.4, -0.2) is 4.98 Å². The van der Waals surface area contributed by atoms with Crippen LogP contribution in [-0.2, 0) is 0 Å². The molecule has 3 nitrogen and oxygen atoms in total. The van der Waals surface area contributed by atoms with Gasteiger partial charge in [-0.25, -0.2) is 0 Å². The summed E-state index contributed by atoms with van der Waals surface area (Å²) in [6.07, 6.45) is 2.69. The molecule has 1 aromatic heterocycles. The van der Waals surface area contributed by atoms with Crippen LogP contribution in [0.5, 0.6) is 0 Å².